The average molecular weight is 848 g/mol. The van der Waals surface area contributed by atoms with Gasteiger partial charge in [-0.3, -0.25) is 28.8 Å². The molecule has 2 saturated heterocycles. The molecule has 0 spiro atoms. The van der Waals surface area contributed by atoms with Crippen LogP contribution < -0.4 is 25.8 Å². The van der Waals surface area contributed by atoms with Gasteiger partial charge in [0.1, 0.15) is 17.0 Å². The highest BCUT2D eigenvalue weighted by molar-refractivity contribution is 7.90. The summed E-state index contributed by atoms with van der Waals surface area (Å²) in [6.07, 6.45) is 2.92. The van der Waals surface area contributed by atoms with Gasteiger partial charge in [-0.05, 0) is 49.9 Å². The lowest BCUT2D eigenvalue weighted by molar-refractivity contribution is -0.145. The van der Waals surface area contributed by atoms with Gasteiger partial charge in [0.2, 0.25) is 23.6 Å². The molecule has 5 N–H and O–H groups in total. The zero-order valence-corrected chi connectivity index (χ0v) is 36.4. The van der Waals surface area contributed by atoms with Gasteiger partial charge in [-0.15, -0.1) is 0 Å². The molecule has 17 nitrogen and oxygen atoms in total. The smallest absolute Gasteiger partial charge is 0.283 e. The number of nitrogens with one attached hydrogen (secondary N) is 3. The van der Waals surface area contributed by atoms with Crippen LogP contribution in [0.2, 0.25) is 0 Å². The lowest BCUT2D eigenvalue weighted by Gasteiger charge is -2.39. The molecule has 330 valence electrons. The van der Waals surface area contributed by atoms with Crippen molar-refractivity contribution in [3.05, 3.63) is 29.8 Å². The minimum Gasteiger partial charge on any atom is -0.593 e. The van der Waals surface area contributed by atoms with Gasteiger partial charge in [0.05, 0.1) is 60.5 Å². The van der Waals surface area contributed by atoms with Crippen molar-refractivity contribution >= 4 is 46.8 Å². The van der Waals surface area contributed by atoms with E-state index >= 15 is 0 Å². The molecule has 1 aromatic rings. The first-order chi connectivity index (χ1) is 28.1. The number of amides is 6. The van der Waals surface area contributed by atoms with Gasteiger partial charge in [-0.1, -0.05) is 39.3 Å². The Balaban J connectivity index is 1.42. The number of carbonyl (C=O) groups is 6. The van der Waals surface area contributed by atoms with Crippen molar-refractivity contribution in [3.63, 3.8) is 0 Å². The molecular formula is C41H65N7O10S. The molecule has 3 fully saturated rings. The quantitative estimate of drug-likeness (QED) is 0.111. The van der Waals surface area contributed by atoms with Crippen molar-refractivity contribution in [2.24, 2.45) is 23.5 Å². The molecule has 1 aromatic carbocycles. The van der Waals surface area contributed by atoms with Crippen LogP contribution in [0.25, 0.3) is 0 Å². The topological polar surface area (TPSA) is 225 Å². The zero-order valence-electron chi connectivity index (χ0n) is 35.6. The molecule has 2 heterocycles. The maximum atomic E-state index is 14.0. The van der Waals surface area contributed by atoms with Gasteiger partial charge in [0.25, 0.3) is 11.8 Å². The standard InChI is InChI=1S/C41H65N7O10S/c1-8-25(2)37(46(5)35(50)22-43-4)33(56-6)21-34(49)48-18-9-10-32(48)38(57-7)26(3)40(53)44-31(41(54)45-59(55)30-15-16-30)20-27-11-13-29(14-12-27)58-24-36(51)47-19-17-28(23-47)39(42)52/h11-14,25-26,28,30-33,37-38,43H,8-10,15-24H2,1-7H3,(H2,42,52)(H,44,53)(H,45,54)/t25?,26?,28?,31?,32?,33?,37?,38-,59?/m1/s1. The van der Waals surface area contributed by atoms with Gasteiger partial charge in [-0.25, -0.2) is 0 Å². The first-order valence-corrected chi connectivity index (χ1v) is 21.9. The number of hydrogen-bond acceptors (Lipinski definition) is 11. The molecule has 6 amide bonds. The molecule has 9 atom stereocenters. The maximum absolute atomic E-state index is 14.0. The minimum atomic E-state index is -1.59. The van der Waals surface area contributed by atoms with Gasteiger partial charge < -0.3 is 49.8 Å². The van der Waals surface area contributed by atoms with E-state index in [0.29, 0.717) is 43.7 Å². The van der Waals surface area contributed by atoms with Crippen LogP contribution in [0.3, 0.4) is 0 Å². The monoisotopic (exact) mass is 847 g/mol. The van der Waals surface area contributed by atoms with Crippen LogP contribution >= 0.6 is 0 Å². The lowest BCUT2D eigenvalue weighted by Crippen LogP contribution is -2.55. The van der Waals surface area contributed by atoms with E-state index in [2.05, 4.69) is 15.4 Å². The second-order valence-electron chi connectivity index (χ2n) is 16.1. The molecule has 4 rings (SSSR count). The summed E-state index contributed by atoms with van der Waals surface area (Å²) in [6, 6.07) is 4.90. The molecule has 1 saturated carbocycles. The number of hydrogen-bond donors (Lipinski definition) is 4. The Kier molecular flexibility index (Phi) is 18.3. The molecule has 8 unspecified atom stereocenters. The molecule has 1 aliphatic carbocycles. The summed E-state index contributed by atoms with van der Waals surface area (Å²) in [6.45, 7) is 6.88. The van der Waals surface area contributed by atoms with Gasteiger partial charge in [0, 0.05) is 60.2 Å². The third-order valence-electron chi connectivity index (χ3n) is 12.0. The SMILES string of the molecule is CCC(C)C(C(CC(=O)N1CCCC1[C@H](OC)C(C)C(=O)NC(Cc1ccc(OCC(=O)N2CCC(C(N)=O)C2)cc1)C(=O)N[S+]([O-])C1CC1)OC)N(C)C(=O)CNC. The summed E-state index contributed by atoms with van der Waals surface area (Å²) in [4.78, 5) is 83.6. The fourth-order valence-electron chi connectivity index (χ4n) is 8.06. The van der Waals surface area contributed by atoms with E-state index in [0.717, 1.165) is 19.3 Å². The first kappa shape index (κ1) is 47.7. The number of nitrogens with zero attached hydrogens (tertiary/aromatic N) is 3. The van der Waals surface area contributed by atoms with Crippen LogP contribution in [-0.2, 0) is 56.0 Å². The van der Waals surface area contributed by atoms with E-state index < -0.39 is 59.3 Å². The van der Waals surface area contributed by atoms with Crippen molar-refractivity contribution < 1.29 is 47.5 Å². The Morgan fingerprint density at radius 3 is 2.25 bits per heavy atom. The Morgan fingerprint density at radius 2 is 1.68 bits per heavy atom. The minimum absolute atomic E-state index is 0.0343. The van der Waals surface area contributed by atoms with Crippen molar-refractivity contribution in [2.75, 3.05) is 61.1 Å². The van der Waals surface area contributed by atoms with Crippen LogP contribution in [0.4, 0.5) is 0 Å². The number of ether oxygens (including phenoxy) is 3. The predicted octanol–water partition coefficient (Wildman–Crippen LogP) is 0.509. The third kappa shape index (κ3) is 13.0. The van der Waals surface area contributed by atoms with Crippen molar-refractivity contribution in [2.45, 2.75) is 108 Å². The number of rotatable bonds is 23. The van der Waals surface area contributed by atoms with E-state index in [1.54, 1.807) is 67.1 Å². The van der Waals surface area contributed by atoms with Gasteiger partial charge in [-0.2, -0.15) is 4.72 Å². The van der Waals surface area contributed by atoms with Crippen molar-refractivity contribution in [3.8, 4) is 5.75 Å². The molecule has 2 aliphatic heterocycles. The summed E-state index contributed by atoms with van der Waals surface area (Å²) in [7, 11) is 6.49. The molecule has 0 radical (unpaired) electrons. The number of likely N-dealkylation sites (N-methyl/N-ethyl adjacent to an activating group) is 2. The summed E-state index contributed by atoms with van der Waals surface area (Å²) < 4.78 is 32.8. The van der Waals surface area contributed by atoms with E-state index in [4.69, 9.17) is 19.9 Å². The number of likely N-dealkylation sites (tertiary alicyclic amines) is 2. The molecule has 59 heavy (non-hydrogen) atoms. The molecule has 0 aromatic heterocycles. The highest BCUT2D eigenvalue weighted by Crippen LogP contribution is 2.30. The summed E-state index contributed by atoms with van der Waals surface area (Å²) >= 11 is -1.59. The third-order valence-corrected chi connectivity index (χ3v) is 13.4. The Bertz CT molecular complexity index is 1600. The average Bonchev–Trinajstić information content (AvgIpc) is 3.75. The predicted molar refractivity (Wildman–Crippen MR) is 221 cm³/mol. The van der Waals surface area contributed by atoms with Crippen LogP contribution in [0.5, 0.6) is 5.75 Å². The number of nitrogens with two attached hydrogens (primary N) is 1. The summed E-state index contributed by atoms with van der Waals surface area (Å²) in [5, 5.41) is 5.65. The molecular weight excluding hydrogens is 783 g/mol. The van der Waals surface area contributed by atoms with Crippen molar-refractivity contribution in [1.29, 1.82) is 0 Å². The van der Waals surface area contributed by atoms with E-state index in [1.807, 2.05) is 13.8 Å². The molecule has 0 bridgehead atoms. The zero-order chi connectivity index (χ0) is 43.4. The summed E-state index contributed by atoms with van der Waals surface area (Å²) in [5.74, 6) is -2.70. The number of benzene rings is 1. The Morgan fingerprint density at radius 1 is 0.983 bits per heavy atom. The fraction of sp³-hybridized carbons (Fsp3) is 0.707. The van der Waals surface area contributed by atoms with Crippen LogP contribution in [0, 0.1) is 17.8 Å². The van der Waals surface area contributed by atoms with E-state index in [9.17, 15) is 33.3 Å². The van der Waals surface area contributed by atoms with Crippen molar-refractivity contribution in [1.82, 2.24) is 30.1 Å². The molecule has 3 aliphatic rings. The van der Waals surface area contributed by atoms with Gasteiger partial charge in [0.15, 0.2) is 6.61 Å². The first-order valence-electron chi connectivity index (χ1n) is 20.7. The van der Waals surface area contributed by atoms with Crippen LogP contribution in [-0.4, -0.2) is 151 Å². The number of methoxy groups -OCH3 is 2. The number of carbonyl (C=O) groups excluding carboxylic acids is 6. The molecule has 18 heteroatoms. The second kappa shape index (κ2) is 22.6. The highest BCUT2D eigenvalue weighted by atomic mass is 32.2. The lowest BCUT2D eigenvalue weighted by atomic mass is 9.90. The van der Waals surface area contributed by atoms with E-state index in [-0.39, 0.29) is 73.4 Å². The normalized spacial score (nSPS) is 21.4. The van der Waals surface area contributed by atoms with E-state index in [1.165, 1.54) is 7.11 Å². The highest BCUT2D eigenvalue weighted by Gasteiger charge is 2.43. The largest absolute Gasteiger partial charge is 0.593 e. The second-order valence-corrected chi connectivity index (χ2v) is 17.5. The van der Waals surface area contributed by atoms with Crippen LogP contribution in [0.15, 0.2) is 24.3 Å². The maximum Gasteiger partial charge on any atom is 0.283 e. The Hall–Kier alpha value is -3.97. The summed E-state index contributed by atoms with van der Waals surface area (Å²) in [5.41, 5.74) is 6.06. The Labute approximate surface area is 351 Å². The van der Waals surface area contributed by atoms with Crippen LogP contribution in [0.1, 0.15) is 71.3 Å². The van der Waals surface area contributed by atoms with Gasteiger partial charge >= 0.3 is 0 Å². The fourth-order valence-corrected chi connectivity index (χ4v) is 9.13. The number of primary amides is 1.